The lowest BCUT2D eigenvalue weighted by molar-refractivity contribution is -0.145. The summed E-state index contributed by atoms with van der Waals surface area (Å²) in [6.45, 7) is 6.02. The van der Waals surface area contributed by atoms with Crippen LogP contribution < -0.4 is 9.47 Å². The largest absolute Gasteiger partial charge is 0.468 e. The van der Waals surface area contributed by atoms with Gasteiger partial charge >= 0.3 is 12.1 Å². The molecule has 248 valence electrons. The SMILES string of the molecule is C=C(CO)COCOc1ccc(-c2ccc(-c3ccc(OCOC(=O)C(=C)CO)cc3)c(CCCCCCC(F)(F)F)c2F)cc1. The molecule has 46 heavy (non-hydrogen) atoms. The summed E-state index contributed by atoms with van der Waals surface area (Å²) < 4.78 is 74.9. The van der Waals surface area contributed by atoms with Gasteiger partial charge in [0.25, 0.3) is 0 Å². The molecule has 0 atom stereocenters. The molecule has 0 saturated carbocycles. The van der Waals surface area contributed by atoms with Crippen LogP contribution in [0.25, 0.3) is 22.3 Å². The Bertz CT molecular complexity index is 1440. The van der Waals surface area contributed by atoms with Gasteiger partial charge in [-0.15, -0.1) is 0 Å². The van der Waals surface area contributed by atoms with Crippen molar-refractivity contribution < 1.29 is 51.5 Å². The lowest BCUT2D eigenvalue weighted by Gasteiger charge is -2.16. The van der Waals surface area contributed by atoms with E-state index in [1.807, 2.05) is 6.07 Å². The lowest BCUT2D eigenvalue weighted by atomic mass is 9.91. The summed E-state index contributed by atoms with van der Waals surface area (Å²) in [6.07, 6.45) is -3.27. The lowest BCUT2D eigenvalue weighted by Crippen LogP contribution is -2.13. The van der Waals surface area contributed by atoms with Crippen LogP contribution in [-0.2, 0) is 20.7 Å². The van der Waals surface area contributed by atoms with E-state index in [1.165, 1.54) is 0 Å². The van der Waals surface area contributed by atoms with Gasteiger partial charge in [0, 0.05) is 12.0 Å². The Morgan fingerprint density at radius 2 is 1.30 bits per heavy atom. The highest BCUT2D eigenvalue weighted by atomic mass is 19.4. The molecular formula is C35H38F4O7. The Kier molecular flexibility index (Phi) is 14.3. The summed E-state index contributed by atoms with van der Waals surface area (Å²) in [5.41, 5.74) is 3.16. The number of hydrogen-bond acceptors (Lipinski definition) is 7. The van der Waals surface area contributed by atoms with Crippen molar-refractivity contribution >= 4 is 5.97 Å². The van der Waals surface area contributed by atoms with Gasteiger partial charge in [0.05, 0.1) is 25.4 Å². The third-order valence-corrected chi connectivity index (χ3v) is 6.94. The molecule has 3 aromatic carbocycles. The second-order valence-corrected chi connectivity index (χ2v) is 10.5. The third-order valence-electron chi connectivity index (χ3n) is 6.94. The van der Waals surface area contributed by atoms with Crippen molar-refractivity contribution in [3.63, 3.8) is 0 Å². The minimum absolute atomic E-state index is 0.0272. The van der Waals surface area contributed by atoms with Crippen LogP contribution in [0.5, 0.6) is 11.5 Å². The van der Waals surface area contributed by atoms with E-state index in [0.29, 0.717) is 70.6 Å². The van der Waals surface area contributed by atoms with Crippen molar-refractivity contribution in [2.45, 2.75) is 44.7 Å². The van der Waals surface area contributed by atoms with Crippen molar-refractivity contribution in [3.05, 3.63) is 96.3 Å². The molecule has 0 radical (unpaired) electrons. The molecule has 0 aliphatic carbocycles. The number of aliphatic hydroxyl groups is 2. The fourth-order valence-corrected chi connectivity index (χ4v) is 4.46. The van der Waals surface area contributed by atoms with Crippen molar-refractivity contribution in [2.75, 3.05) is 33.4 Å². The van der Waals surface area contributed by atoms with Gasteiger partial charge in [-0.1, -0.05) is 62.4 Å². The van der Waals surface area contributed by atoms with Gasteiger partial charge in [0.15, 0.2) is 6.79 Å². The normalized spacial score (nSPS) is 11.3. The fraction of sp³-hybridized carbons (Fsp3) is 0.343. The first-order valence-corrected chi connectivity index (χ1v) is 14.7. The smallest absolute Gasteiger partial charge is 0.389 e. The zero-order chi connectivity index (χ0) is 33.5. The van der Waals surface area contributed by atoms with Gasteiger partial charge in [-0.2, -0.15) is 13.2 Å². The van der Waals surface area contributed by atoms with E-state index < -0.39 is 37.8 Å². The monoisotopic (exact) mass is 646 g/mol. The van der Waals surface area contributed by atoms with Crippen molar-refractivity contribution in [1.82, 2.24) is 0 Å². The zero-order valence-electron chi connectivity index (χ0n) is 25.4. The molecule has 11 heteroatoms. The number of hydrogen-bond donors (Lipinski definition) is 2. The number of unbranched alkanes of at least 4 members (excludes halogenated alkanes) is 3. The molecule has 0 aliphatic heterocycles. The number of benzene rings is 3. The average Bonchev–Trinajstić information content (AvgIpc) is 3.04. The van der Waals surface area contributed by atoms with Gasteiger partial charge in [0.1, 0.15) is 17.3 Å². The first-order chi connectivity index (χ1) is 22.0. The molecular weight excluding hydrogens is 608 g/mol. The van der Waals surface area contributed by atoms with Crippen LogP contribution in [0.1, 0.15) is 37.7 Å². The number of halogens is 4. The molecule has 0 unspecified atom stereocenters. The Labute approximate surface area is 265 Å². The maximum Gasteiger partial charge on any atom is 0.389 e. The molecule has 0 fully saturated rings. The van der Waals surface area contributed by atoms with Gasteiger partial charge in [-0.05, 0) is 71.4 Å². The van der Waals surface area contributed by atoms with Crippen LogP contribution in [0.2, 0.25) is 0 Å². The molecule has 0 spiro atoms. The zero-order valence-corrected chi connectivity index (χ0v) is 25.4. The number of esters is 1. The first kappa shape index (κ1) is 36.3. The molecule has 0 amide bonds. The number of carbonyl (C=O) groups is 1. The number of alkyl halides is 3. The number of carbonyl (C=O) groups excluding carboxylic acids is 1. The van der Waals surface area contributed by atoms with Gasteiger partial charge < -0.3 is 29.2 Å². The minimum atomic E-state index is -4.19. The van der Waals surface area contributed by atoms with Gasteiger partial charge in [-0.25, -0.2) is 9.18 Å². The topological polar surface area (TPSA) is 94.5 Å². The molecule has 0 bridgehead atoms. The summed E-state index contributed by atoms with van der Waals surface area (Å²) in [6, 6.07) is 17.0. The van der Waals surface area contributed by atoms with E-state index in [-0.39, 0.29) is 32.0 Å². The van der Waals surface area contributed by atoms with E-state index >= 15 is 4.39 Å². The summed E-state index contributed by atoms with van der Waals surface area (Å²) in [7, 11) is 0. The first-order valence-electron chi connectivity index (χ1n) is 14.7. The molecule has 2 N–H and O–H groups in total. The van der Waals surface area contributed by atoms with Crippen molar-refractivity contribution in [2.24, 2.45) is 0 Å². The number of rotatable bonds is 19. The van der Waals surface area contributed by atoms with E-state index in [0.717, 1.165) is 0 Å². The van der Waals surface area contributed by atoms with Gasteiger partial charge in [-0.3, -0.25) is 0 Å². The Morgan fingerprint density at radius 1 is 0.739 bits per heavy atom. The predicted octanol–water partition coefficient (Wildman–Crippen LogP) is 7.54. The van der Waals surface area contributed by atoms with Crippen LogP contribution in [0.4, 0.5) is 17.6 Å². The predicted molar refractivity (Wildman–Crippen MR) is 166 cm³/mol. The van der Waals surface area contributed by atoms with E-state index in [9.17, 15) is 18.0 Å². The average molecular weight is 647 g/mol. The third kappa shape index (κ3) is 11.6. The maximum absolute atomic E-state index is 16.2. The van der Waals surface area contributed by atoms with Crippen LogP contribution in [-0.4, -0.2) is 55.8 Å². The Morgan fingerprint density at radius 3 is 1.89 bits per heavy atom. The molecule has 7 nitrogen and oxygen atoms in total. The summed E-state index contributed by atoms with van der Waals surface area (Å²) >= 11 is 0. The highest BCUT2D eigenvalue weighted by Gasteiger charge is 2.25. The standard InChI is InChI=1S/C35H38F4O7/c1-24(19-40)21-43-22-44-28-14-10-27(11-15-28)31-17-16-30(32(33(31)36)7-5-3-4-6-18-35(37,38)39)26-8-12-29(13-9-26)45-23-46-34(42)25(2)20-41/h8-17,40-41H,1-7,18-23H2. The van der Waals surface area contributed by atoms with Crippen molar-refractivity contribution in [1.29, 1.82) is 0 Å². The van der Waals surface area contributed by atoms with Crippen LogP contribution in [0, 0.1) is 5.82 Å². The van der Waals surface area contributed by atoms with Gasteiger partial charge in [0.2, 0.25) is 6.79 Å². The Hall–Kier alpha value is -4.19. The highest BCUT2D eigenvalue weighted by molar-refractivity contribution is 5.87. The summed E-state index contributed by atoms with van der Waals surface area (Å²) in [5, 5.41) is 17.9. The van der Waals surface area contributed by atoms with Crippen LogP contribution in [0.15, 0.2) is 85.0 Å². The molecule has 0 saturated heterocycles. The second-order valence-electron chi connectivity index (χ2n) is 10.5. The maximum atomic E-state index is 16.2. The van der Waals surface area contributed by atoms with E-state index in [1.54, 1.807) is 54.6 Å². The molecule has 3 aromatic rings. The summed E-state index contributed by atoms with van der Waals surface area (Å²) in [5.74, 6) is -0.316. The Balaban J connectivity index is 1.76. The highest BCUT2D eigenvalue weighted by Crippen LogP contribution is 2.35. The van der Waals surface area contributed by atoms with Crippen LogP contribution in [0.3, 0.4) is 0 Å². The summed E-state index contributed by atoms with van der Waals surface area (Å²) in [4.78, 5) is 11.6. The number of ether oxygens (including phenoxy) is 4. The van der Waals surface area contributed by atoms with Crippen molar-refractivity contribution in [3.8, 4) is 33.8 Å². The minimum Gasteiger partial charge on any atom is -0.468 e. The quantitative estimate of drug-likeness (QED) is 0.0347. The molecule has 0 aromatic heterocycles. The molecule has 0 aliphatic rings. The molecule has 3 rings (SSSR count). The van der Waals surface area contributed by atoms with E-state index in [2.05, 4.69) is 13.2 Å². The van der Waals surface area contributed by atoms with Crippen LogP contribution >= 0.6 is 0 Å². The fourth-order valence-electron chi connectivity index (χ4n) is 4.46. The number of aliphatic hydroxyl groups excluding tert-OH is 2. The molecule has 0 heterocycles. The van der Waals surface area contributed by atoms with E-state index in [4.69, 9.17) is 29.2 Å². The second kappa shape index (κ2) is 18.1.